The summed E-state index contributed by atoms with van der Waals surface area (Å²) in [5, 5.41) is 5.76. The molecule has 2 atom stereocenters. The Balaban J connectivity index is 0.00000137. The minimum Gasteiger partial charge on any atom is -0.483 e. The average molecular weight is 533 g/mol. The van der Waals surface area contributed by atoms with Gasteiger partial charge in [-0.05, 0) is 49.5 Å². The standard InChI is InChI=1S/C22H25ClF2N2O4S.CH2O2/c1-15(14-31-22(28)27-11-9-26(2)10-12-27)21(19-13-17(24)5-8-20(19)25)32(29,30)18-6-3-16(23)4-7-18;2-1-3/h3-8,13,15,21H,9-12,14H2,1-2H3;1H,(H,2,3)/t15-,21+;/m1./s1. The Morgan fingerprint density at radius 2 is 1.71 bits per heavy atom. The summed E-state index contributed by atoms with van der Waals surface area (Å²) in [6, 6.07) is 8.11. The third-order valence-electron chi connectivity index (χ3n) is 5.49. The van der Waals surface area contributed by atoms with Gasteiger partial charge in [0.05, 0.1) is 16.8 Å². The number of nitrogens with zero attached hydrogens (tertiary/aromatic N) is 2. The summed E-state index contributed by atoms with van der Waals surface area (Å²) in [6.07, 6.45) is -0.563. The molecule has 3 rings (SSSR count). The second kappa shape index (κ2) is 12.8. The Hall–Kier alpha value is -2.76. The topological polar surface area (TPSA) is 104 Å². The Morgan fingerprint density at radius 1 is 1.14 bits per heavy atom. The van der Waals surface area contributed by atoms with Crippen molar-refractivity contribution in [2.45, 2.75) is 17.1 Å². The number of amides is 1. The van der Waals surface area contributed by atoms with Crippen LogP contribution < -0.4 is 0 Å². The normalized spacial score (nSPS) is 16.0. The smallest absolute Gasteiger partial charge is 0.409 e. The van der Waals surface area contributed by atoms with Crippen LogP contribution in [0.5, 0.6) is 0 Å². The first-order valence-electron chi connectivity index (χ1n) is 10.6. The van der Waals surface area contributed by atoms with E-state index >= 15 is 0 Å². The zero-order valence-electron chi connectivity index (χ0n) is 19.2. The molecular weight excluding hydrogens is 506 g/mol. The van der Waals surface area contributed by atoms with Gasteiger partial charge in [0.25, 0.3) is 6.47 Å². The summed E-state index contributed by atoms with van der Waals surface area (Å²) in [5.74, 6) is -2.48. The number of rotatable bonds is 6. The van der Waals surface area contributed by atoms with Crippen molar-refractivity contribution in [2.24, 2.45) is 5.92 Å². The first-order chi connectivity index (χ1) is 16.5. The molecule has 1 amide bonds. The van der Waals surface area contributed by atoms with Gasteiger partial charge in [-0.25, -0.2) is 22.0 Å². The number of carboxylic acid groups (broad SMARTS) is 1. The van der Waals surface area contributed by atoms with E-state index in [9.17, 15) is 22.0 Å². The molecule has 0 bridgehead atoms. The Morgan fingerprint density at radius 3 is 2.29 bits per heavy atom. The maximum Gasteiger partial charge on any atom is 0.409 e. The van der Waals surface area contributed by atoms with Crippen molar-refractivity contribution in [2.75, 3.05) is 39.8 Å². The van der Waals surface area contributed by atoms with Crippen molar-refractivity contribution < 1.29 is 36.6 Å². The average Bonchev–Trinajstić information content (AvgIpc) is 2.81. The Labute approximate surface area is 208 Å². The Bertz CT molecular complexity index is 1110. The summed E-state index contributed by atoms with van der Waals surface area (Å²) in [6.45, 7) is 3.39. The fourth-order valence-electron chi connectivity index (χ4n) is 3.65. The molecule has 0 aromatic heterocycles. The number of likely N-dealkylation sites (N-methyl/N-ethyl adjacent to an activating group) is 1. The fraction of sp³-hybridized carbons (Fsp3) is 0.391. The van der Waals surface area contributed by atoms with Crippen LogP contribution >= 0.6 is 11.6 Å². The SMILES string of the molecule is C[C@H](COC(=O)N1CCN(C)CC1)[C@@H](c1cc(F)ccc1F)S(=O)(=O)c1ccc(Cl)cc1.O=CO. The van der Waals surface area contributed by atoms with Gasteiger partial charge < -0.3 is 19.6 Å². The number of hydrogen-bond acceptors (Lipinski definition) is 6. The molecule has 0 radical (unpaired) electrons. The number of carbonyl (C=O) groups is 2. The van der Waals surface area contributed by atoms with E-state index in [1.54, 1.807) is 0 Å². The first kappa shape index (κ1) is 28.5. The monoisotopic (exact) mass is 532 g/mol. The molecule has 0 saturated carbocycles. The lowest BCUT2D eigenvalue weighted by atomic mass is 10.0. The van der Waals surface area contributed by atoms with Gasteiger partial charge in [0.15, 0.2) is 9.84 Å². The zero-order valence-corrected chi connectivity index (χ0v) is 20.8. The minimum absolute atomic E-state index is 0.0900. The Kier molecular flexibility index (Phi) is 10.4. The molecule has 2 aromatic carbocycles. The van der Waals surface area contributed by atoms with Crippen LogP contribution in [-0.2, 0) is 19.4 Å². The van der Waals surface area contributed by atoms with Crippen LogP contribution in [0.25, 0.3) is 0 Å². The molecule has 1 aliphatic heterocycles. The number of sulfone groups is 1. The maximum absolute atomic E-state index is 14.6. The van der Waals surface area contributed by atoms with Crippen LogP contribution in [0.2, 0.25) is 5.02 Å². The number of hydrogen-bond donors (Lipinski definition) is 1. The second-order valence-electron chi connectivity index (χ2n) is 8.04. The molecular formula is C23H27ClF2N2O6S. The van der Waals surface area contributed by atoms with Gasteiger partial charge in [-0.3, -0.25) is 4.79 Å². The van der Waals surface area contributed by atoms with Crippen LogP contribution in [0.15, 0.2) is 47.4 Å². The molecule has 2 aromatic rings. The molecule has 0 unspecified atom stereocenters. The number of piperazine rings is 1. The van der Waals surface area contributed by atoms with Gasteiger partial charge in [-0.1, -0.05) is 18.5 Å². The van der Waals surface area contributed by atoms with Crippen LogP contribution in [0.1, 0.15) is 17.7 Å². The summed E-state index contributed by atoms with van der Waals surface area (Å²) >= 11 is 5.86. The third-order valence-corrected chi connectivity index (χ3v) is 8.06. The lowest BCUT2D eigenvalue weighted by Gasteiger charge is -2.32. The van der Waals surface area contributed by atoms with Crippen LogP contribution in [0, 0.1) is 17.6 Å². The van der Waals surface area contributed by atoms with Crippen molar-refractivity contribution in [3.8, 4) is 0 Å². The molecule has 1 N–H and O–H groups in total. The van der Waals surface area contributed by atoms with Crippen LogP contribution in [-0.4, -0.2) is 75.7 Å². The highest BCUT2D eigenvalue weighted by Crippen LogP contribution is 2.37. The van der Waals surface area contributed by atoms with Crippen molar-refractivity contribution in [3.05, 3.63) is 64.7 Å². The van der Waals surface area contributed by atoms with E-state index in [0.717, 1.165) is 18.2 Å². The largest absolute Gasteiger partial charge is 0.483 e. The van der Waals surface area contributed by atoms with Gasteiger partial charge in [-0.2, -0.15) is 0 Å². The number of halogens is 3. The predicted molar refractivity (Wildman–Crippen MR) is 126 cm³/mol. The minimum atomic E-state index is -4.17. The molecule has 1 saturated heterocycles. The van der Waals surface area contributed by atoms with E-state index in [1.807, 2.05) is 7.05 Å². The van der Waals surface area contributed by atoms with Gasteiger partial charge in [-0.15, -0.1) is 0 Å². The fourth-order valence-corrected chi connectivity index (χ4v) is 5.79. The number of ether oxygens (including phenoxy) is 1. The third kappa shape index (κ3) is 7.61. The van der Waals surface area contributed by atoms with E-state index in [0.29, 0.717) is 31.2 Å². The maximum atomic E-state index is 14.6. The molecule has 0 spiro atoms. The number of carbonyl (C=O) groups excluding carboxylic acids is 1. The molecule has 1 fully saturated rings. The highest BCUT2D eigenvalue weighted by molar-refractivity contribution is 7.91. The second-order valence-corrected chi connectivity index (χ2v) is 10.5. The zero-order chi connectivity index (χ0) is 26.2. The highest BCUT2D eigenvalue weighted by atomic mass is 35.5. The molecule has 1 aliphatic rings. The van der Waals surface area contributed by atoms with Crippen molar-refractivity contribution in [3.63, 3.8) is 0 Å². The molecule has 12 heteroatoms. The van der Waals surface area contributed by atoms with Gasteiger partial charge >= 0.3 is 6.09 Å². The lowest BCUT2D eigenvalue weighted by molar-refractivity contribution is -0.122. The van der Waals surface area contributed by atoms with Crippen LogP contribution in [0.3, 0.4) is 0 Å². The molecule has 1 heterocycles. The van der Waals surface area contributed by atoms with E-state index in [1.165, 1.54) is 36.1 Å². The van der Waals surface area contributed by atoms with Gasteiger partial charge in [0.2, 0.25) is 0 Å². The van der Waals surface area contributed by atoms with E-state index < -0.39 is 38.7 Å². The van der Waals surface area contributed by atoms with Crippen molar-refractivity contribution >= 4 is 34.0 Å². The molecule has 35 heavy (non-hydrogen) atoms. The first-order valence-corrected chi connectivity index (χ1v) is 12.6. The van der Waals surface area contributed by atoms with E-state index in [4.69, 9.17) is 26.2 Å². The van der Waals surface area contributed by atoms with E-state index in [-0.39, 0.29) is 23.5 Å². The summed E-state index contributed by atoms with van der Waals surface area (Å²) in [7, 11) is -2.22. The summed E-state index contributed by atoms with van der Waals surface area (Å²) < 4.78 is 60.8. The predicted octanol–water partition coefficient (Wildman–Crippen LogP) is 3.85. The van der Waals surface area contributed by atoms with Crippen LogP contribution in [0.4, 0.5) is 13.6 Å². The number of benzene rings is 2. The van der Waals surface area contributed by atoms with E-state index in [2.05, 4.69) is 4.90 Å². The highest BCUT2D eigenvalue weighted by Gasteiger charge is 2.37. The van der Waals surface area contributed by atoms with Gasteiger partial charge in [0, 0.05) is 42.7 Å². The molecule has 192 valence electrons. The summed E-state index contributed by atoms with van der Waals surface area (Å²) in [5.41, 5.74) is -0.317. The molecule has 0 aliphatic carbocycles. The summed E-state index contributed by atoms with van der Waals surface area (Å²) in [4.78, 5) is 24.3. The quantitative estimate of drug-likeness (QED) is 0.563. The van der Waals surface area contributed by atoms with Gasteiger partial charge in [0.1, 0.15) is 11.6 Å². The lowest BCUT2D eigenvalue weighted by Crippen LogP contribution is -2.47. The van der Waals surface area contributed by atoms with Crippen molar-refractivity contribution in [1.82, 2.24) is 9.80 Å². The van der Waals surface area contributed by atoms with Crippen molar-refractivity contribution in [1.29, 1.82) is 0 Å². The molecule has 8 nitrogen and oxygen atoms in total.